The van der Waals surface area contributed by atoms with Gasteiger partial charge >= 0.3 is 5.97 Å². The van der Waals surface area contributed by atoms with Gasteiger partial charge in [0.15, 0.2) is 5.69 Å². The van der Waals surface area contributed by atoms with Crippen LogP contribution in [0.15, 0.2) is 28.7 Å². The second-order valence-corrected chi connectivity index (χ2v) is 6.88. The van der Waals surface area contributed by atoms with Gasteiger partial charge in [-0.25, -0.2) is 9.78 Å². The molecular weight excluding hydrogens is 368 g/mol. The van der Waals surface area contributed by atoms with Crippen LogP contribution in [-0.2, 0) is 9.53 Å². The number of benzene rings is 1. The first-order valence-electron chi connectivity index (χ1n) is 6.74. The number of thiazole rings is 1. The lowest BCUT2D eigenvalue weighted by Gasteiger charge is -2.02. The van der Waals surface area contributed by atoms with E-state index in [-0.39, 0.29) is 17.5 Å². The molecular formula is C15H13BrN2O3S. The average molecular weight is 381 g/mol. The van der Waals surface area contributed by atoms with Gasteiger partial charge in [0, 0.05) is 16.0 Å². The van der Waals surface area contributed by atoms with Gasteiger partial charge in [-0.15, -0.1) is 0 Å². The van der Waals surface area contributed by atoms with Crippen molar-refractivity contribution in [1.82, 2.24) is 4.98 Å². The highest BCUT2D eigenvalue weighted by atomic mass is 79.9. The summed E-state index contributed by atoms with van der Waals surface area (Å²) in [7, 11) is 1.30. The van der Waals surface area contributed by atoms with Crippen molar-refractivity contribution in [3.63, 3.8) is 0 Å². The number of carbonyl (C=O) groups is 2. The predicted molar refractivity (Wildman–Crippen MR) is 87.9 cm³/mol. The number of carbonyl (C=O) groups excluding carboxylic acids is 2. The molecule has 0 radical (unpaired) electrons. The Hall–Kier alpha value is -1.73. The van der Waals surface area contributed by atoms with Crippen molar-refractivity contribution in [2.45, 2.75) is 12.8 Å². The topological polar surface area (TPSA) is 68.3 Å². The lowest BCUT2D eigenvalue weighted by Crippen LogP contribution is -2.15. The number of methoxy groups -OCH3 is 1. The van der Waals surface area contributed by atoms with Gasteiger partial charge in [0.1, 0.15) is 10.0 Å². The molecule has 0 unspecified atom stereocenters. The highest BCUT2D eigenvalue weighted by Crippen LogP contribution is 2.36. The summed E-state index contributed by atoms with van der Waals surface area (Å²) in [6.45, 7) is 0. The van der Waals surface area contributed by atoms with Gasteiger partial charge in [-0.1, -0.05) is 39.4 Å². The number of nitrogens with zero attached hydrogens (tertiary/aromatic N) is 1. The summed E-state index contributed by atoms with van der Waals surface area (Å²) in [5.41, 5.74) is 1.02. The molecule has 1 aliphatic rings. The van der Waals surface area contributed by atoms with Crippen LogP contribution in [0.2, 0.25) is 0 Å². The van der Waals surface area contributed by atoms with Crippen LogP contribution in [0.1, 0.15) is 23.3 Å². The Morgan fingerprint density at radius 3 is 2.82 bits per heavy atom. The van der Waals surface area contributed by atoms with E-state index < -0.39 is 5.97 Å². The van der Waals surface area contributed by atoms with E-state index in [0.717, 1.165) is 22.9 Å². The van der Waals surface area contributed by atoms with E-state index in [9.17, 15) is 9.59 Å². The Morgan fingerprint density at radius 2 is 2.18 bits per heavy atom. The van der Waals surface area contributed by atoms with Gasteiger partial charge < -0.3 is 10.1 Å². The molecule has 2 aromatic rings. The third-order valence-electron chi connectivity index (χ3n) is 3.26. The Kier molecular flexibility index (Phi) is 4.26. The van der Waals surface area contributed by atoms with E-state index in [1.165, 1.54) is 18.4 Å². The largest absolute Gasteiger partial charge is 0.464 e. The third kappa shape index (κ3) is 3.20. The number of hydrogen-bond acceptors (Lipinski definition) is 5. The minimum absolute atomic E-state index is 0.0573. The van der Waals surface area contributed by atoms with Crippen molar-refractivity contribution >= 4 is 44.1 Å². The van der Waals surface area contributed by atoms with Gasteiger partial charge in [0.25, 0.3) is 0 Å². The molecule has 114 valence electrons. The van der Waals surface area contributed by atoms with Crippen LogP contribution in [0.5, 0.6) is 0 Å². The summed E-state index contributed by atoms with van der Waals surface area (Å²) in [6.07, 6.45) is 1.80. The van der Waals surface area contributed by atoms with E-state index in [1.54, 1.807) is 0 Å². The number of ether oxygens (including phenoxy) is 1. The van der Waals surface area contributed by atoms with E-state index in [0.29, 0.717) is 10.0 Å². The minimum Gasteiger partial charge on any atom is -0.464 e. The molecule has 0 saturated heterocycles. The number of halogens is 1. The van der Waals surface area contributed by atoms with E-state index >= 15 is 0 Å². The molecule has 22 heavy (non-hydrogen) atoms. The van der Waals surface area contributed by atoms with E-state index in [1.807, 2.05) is 24.3 Å². The summed E-state index contributed by atoms with van der Waals surface area (Å²) >= 11 is 4.68. The first-order chi connectivity index (χ1) is 10.6. The molecule has 0 spiro atoms. The van der Waals surface area contributed by atoms with E-state index in [2.05, 4.69) is 26.2 Å². The predicted octanol–water partition coefficient (Wildman–Crippen LogP) is 3.71. The Balaban J connectivity index is 1.96. The quantitative estimate of drug-likeness (QED) is 0.820. The molecule has 1 heterocycles. The van der Waals surface area contributed by atoms with Crippen molar-refractivity contribution in [3.8, 4) is 10.6 Å². The van der Waals surface area contributed by atoms with Crippen LogP contribution in [0.25, 0.3) is 10.6 Å². The zero-order chi connectivity index (χ0) is 15.7. The second-order valence-electron chi connectivity index (χ2n) is 4.96. The van der Waals surface area contributed by atoms with Crippen molar-refractivity contribution in [1.29, 1.82) is 0 Å². The fraction of sp³-hybridized carbons (Fsp3) is 0.267. The van der Waals surface area contributed by atoms with Gasteiger partial charge in [-0.2, -0.15) is 0 Å². The summed E-state index contributed by atoms with van der Waals surface area (Å²) in [4.78, 5) is 28.2. The highest BCUT2D eigenvalue weighted by molar-refractivity contribution is 9.10. The summed E-state index contributed by atoms with van der Waals surface area (Å²) in [6, 6.07) is 7.61. The molecule has 0 atom stereocenters. The minimum atomic E-state index is -0.552. The first-order valence-corrected chi connectivity index (χ1v) is 8.35. The number of esters is 1. The average Bonchev–Trinajstić information content (AvgIpc) is 3.28. The summed E-state index contributed by atoms with van der Waals surface area (Å²) in [5.74, 6) is -0.555. The lowest BCUT2D eigenvalue weighted by molar-refractivity contribution is -0.117. The molecule has 7 heteroatoms. The fourth-order valence-corrected chi connectivity index (χ4v) is 3.30. The fourth-order valence-electron chi connectivity index (χ4n) is 1.94. The maximum absolute atomic E-state index is 11.9. The highest BCUT2D eigenvalue weighted by Gasteiger charge is 2.31. The summed E-state index contributed by atoms with van der Waals surface area (Å²) in [5, 5.41) is 3.90. The maximum atomic E-state index is 11.9. The van der Waals surface area contributed by atoms with Gasteiger partial charge in [0.05, 0.1) is 7.11 Å². The van der Waals surface area contributed by atoms with Crippen molar-refractivity contribution in [2.75, 3.05) is 12.4 Å². The van der Waals surface area contributed by atoms with Gasteiger partial charge in [-0.3, -0.25) is 4.79 Å². The first kappa shape index (κ1) is 15.2. The molecule has 0 aliphatic heterocycles. The number of amides is 1. The van der Waals surface area contributed by atoms with Crippen molar-refractivity contribution in [3.05, 3.63) is 34.4 Å². The molecule has 1 saturated carbocycles. The maximum Gasteiger partial charge on any atom is 0.359 e. The van der Waals surface area contributed by atoms with Crippen molar-refractivity contribution in [2.24, 2.45) is 5.92 Å². The molecule has 1 amide bonds. The van der Waals surface area contributed by atoms with Crippen LogP contribution >= 0.6 is 27.3 Å². The molecule has 5 nitrogen and oxygen atoms in total. The third-order valence-corrected chi connectivity index (χ3v) is 4.78. The molecule has 1 fully saturated rings. The van der Waals surface area contributed by atoms with Crippen LogP contribution in [0, 0.1) is 5.92 Å². The van der Waals surface area contributed by atoms with Crippen LogP contribution < -0.4 is 5.32 Å². The van der Waals surface area contributed by atoms with Gasteiger partial charge in [0.2, 0.25) is 5.91 Å². The SMILES string of the molecule is COC(=O)c1nc(-c2cccc(Br)c2)sc1NC(=O)C1CC1. The molecule has 1 aromatic carbocycles. The van der Waals surface area contributed by atoms with Crippen LogP contribution in [0.4, 0.5) is 5.00 Å². The lowest BCUT2D eigenvalue weighted by atomic mass is 10.2. The zero-order valence-electron chi connectivity index (χ0n) is 11.8. The number of anilines is 1. The monoisotopic (exact) mass is 380 g/mol. The zero-order valence-corrected chi connectivity index (χ0v) is 14.2. The molecule has 1 aromatic heterocycles. The van der Waals surface area contributed by atoms with E-state index in [4.69, 9.17) is 4.74 Å². The van der Waals surface area contributed by atoms with Crippen LogP contribution in [0.3, 0.4) is 0 Å². The van der Waals surface area contributed by atoms with Gasteiger partial charge in [-0.05, 0) is 25.0 Å². The van der Waals surface area contributed by atoms with Crippen LogP contribution in [-0.4, -0.2) is 24.0 Å². The standard InChI is InChI=1S/C15H13BrN2O3S/c1-21-15(20)11-14(18-12(19)8-5-6-8)22-13(17-11)9-3-2-4-10(16)7-9/h2-4,7-8H,5-6H2,1H3,(H,18,19). The second kappa shape index (κ2) is 6.18. The Labute approximate surface area is 139 Å². The number of rotatable bonds is 4. The molecule has 3 rings (SSSR count). The Bertz CT molecular complexity index is 740. The smallest absolute Gasteiger partial charge is 0.359 e. The normalized spacial score (nSPS) is 13.7. The summed E-state index contributed by atoms with van der Waals surface area (Å²) < 4.78 is 5.67. The Morgan fingerprint density at radius 1 is 1.41 bits per heavy atom. The molecule has 0 bridgehead atoms. The molecule has 1 aliphatic carbocycles. The van der Waals surface area contributed by atoms with Crippen molar-refractivity contribution < 1.29 is 14.3 Å². The number of hydrogen-bond donors (Lipinski definition) is 1. The number of aromatic nitrogens is 1. The number of nitrogens with one attached hydrogen (secondary N) is 1. The molecule has 1 N–H and O–H groups in total.